The maximum absolute atomic E-state index is 13.7. The van der Waals surface area contributed by atoms with Crippen molar-refractivity contribution in [2.75, 3.05) is 30.7 Å². The molecule has 0 unspecified atom stereocenters. The molecule has 0 aliphatic carbocycles. The van der Waals surface area contributed by atoms with Gasteiger partial charge in [-0.05, 0) is 56.0 Å². The maximum Gasteiger partial charge on any atom is 0.165 e. The monoisotopic (exact) mass is 358 g/mol. The average Bonchev–Trinajstić information content (AvgIpc) is 2.63. The van der Waals surface area contributed by atoms with Crippen LogP contribution in [0.2, 0.25) is 0 Å². The van der Waals surface area contributed by atoms with E-state index < -0.39 is 0 Å². The molecule has 3 N–H and O–H groups in total. The molecule has 1 aromatic carbocycles. The van der Waals surface area contributed by atoms with Crippen LogP contribution in [0, 0.1) is 12.7 Å². The third-order valence-electron chi connectivity index (χ3n) is 4.78. The molecule has 1 fully saturated rings. The molecule has 0 atom stereocenters. The predicted octanol–water partition coefficient (Wildman–Crippen LogP) is 3.59. The van der Waals surface area contributed by atoms with Gasteiger partial charge in [0, 0.05) is 25.7 Å². The number of likely N-dealkylation sites (tertiary alicyclic amines) is 1. The summed E-state index contributed by atoms with van der Waals surface area (Å²) in [6.45, 7) is 7.12. The molecular weight excluding hydrogens is 331 g/mol. The first-order valence-corrected chi connectivity index (χ1v) is 9.17. The van der Waals surface area contributed by atoms with E-state index in [9.17, 15) is 4.39 Å². The number of aromatic nitrogens is 1. The average molecular weight is 358 g/mol. The number of ether oxygens (including phenoxy) is 1. The minimum absolute atomic E-state index is 0.300. The molecule has 1 aliphatic rings. The molecule has 1 saturated heterocycles. The van der Waals surface area contributed by atoms with Gasteiger partial charge in [0.15, 0.2) is 11.6 Å². The van der Waals surface area contributed by atoms with E-state index in [-0.39, 0.29) is 5.82 Å². The number of benzene rings is 1. The van der Waals surface area contributed by atoms with Crippen LogP contribution in [-0.2, 0) is 6.54 Å². The molecule has 2 aromatic rings. The van der Waals surface area contributed by atoms with Crippen molar-refractivity contribution in [3.8, 4) is 5.75 Å². The number of nitrogen functional groups attached to an aromatic ring is 1. The number of aryl methyl sites for hydroxylation is 1. The first-order chi connectivity index (χ1) is 12.5. The van der Waals surface area contributed by atoms with E-state index in [1.807, 2.05) is 32.0 Å². The summed E-state index contributed by atoms with van der Waals surface area (Å²) in [7, 11) is 0. The van der Waals surface area contributed by atoms with Crippen LogP contribution in [-0.4, -0.2) is 35.6 Å². The van der Waals surface area contributed by atoms with Crippen LogP contribution in [0.5, 0.6) is 5.75 Å². The number of piperidine rings is 1. The SMILES string of the molecule is CCOc1cc(CN2CCC(Nc3cnc(N)c(C)c3)CC2)ccc1F. The van der Waals surface area contributed by atoms with E-state index in [4.69, 9.17) is 10.5 Å². The topological polar surface area (TPSA) is 63.4 Å². The largest absolute Gasteiger partial charge is 0.491 e. The van der Waals surface area contributed by atoms with Crippen molar-refractivity contribution in [1.29, 1.82) is 0 Å². The molecule has 140 valence electrons. The van der Waals surface area contributed by atoms with Crippen LogP contribution >= 0.6 is 0 Å². The lowest BCUT2D eigenvalue weighted by Crippen LogP contribution is -2.38. The van der Waals surface area contributed by atoms with Crippen LogP contribution in [0.4, 0.5) is 15.9 Å². The van der Waals surface area contributed by atoms with Gasteiger partial charge in [-0.2, -0.15) is 0 Å². The van der Waals surface area contributed by atoms with Crippen LogP contribution in [0.15, 0.2) is 30.5 Å². The molecule has 0 amide bonds. The van der Waals surface area contributed by atoms with Crippen molar-refractivity contribution in [3.05, 3.63) is 47.4 Å². The second-order valence-electron chi connectivity index (χ2n) is 6.82. The summed E-state index contributed by atoms with van der Waals surface area (Å²) in [5.74, 6) is 0.620. The van der Waals surface area contributed by atoms with E-state index in [2.05, 4.69) is 15.2 Å². The first-order valence-electron chi connectivity index (χ1n) is 9.17. The molecule has 0 spiro atoms. The summed E-state index contributed by atoms with van der Waals surface area (Å²) in [6, 6.07) is 7.62. The minimum atomic E-state index is -0.300. The zero-order valence-corrected chi connectivity index (χ0v) is 15.5. The Morgan fingerprint density at radius 2 is 2.08 bits per heavy atom. The van der Waals surface area contributed by atoms with Crippen LogP contribution < -0.4 is 15.8 Å². The third-order valence-corrected chi connectivity index (χ3v) is 4.78. The Balaban J connectivity index is 1.52. The zero-order valence-electron chi connectivity index (χ0n) is 15.5. The molecule has 0 saturated carbocycles. The molecule has 3 rings (SSSR count). The van der Waals surface area contributed by atoms with Crippen LogP contribution in [0.3, 0.4) is 0 Å². The number of nitrogens with two attached hydrogens (primary N) is 1. The van der Waals surface area contributed by atoms with Crippen molar-refractivity contribution in [1.82, 2.24) is 9.88 Å². The van der Waals surface area contributed by atoms with Crippen molar-refractivity contribution in [2.45, 2.75) is 39.3 Å². The third kappa shape index (κ3) is 4.64. The number of nitrogens with one attached hydrogen (secondary N) is 1. The van der Waals surface area contributed by atoms with Gasteiger partial charge in [-0.15, -0.1) is 0 Å². The molecule has 5 nitrogen and oxygen atoms in total. The minimum Gasteiger partial charge on any atom is -0.491 e. The smallest absolute Gasteiger partial charge is 0.165 e. The molecule has 6 heteroatoms. The van der Waals surface area contributed by atoms with Crippen molar-refractivity contribution < 1.29 is 9.13 Å². The fraction of sp³-hybridized carbons (Fsp3) is 0.450. The number of hydrogen-bond donors (Lipinski definition) is 2. The number of hydrogen-bond acceptors (Lipinski definition) is 5. The van der Waals surface area contributed by atoms with Gasteiger partial charge in [-0.1, -0.05) is 6.07 Å². The summed E-state index contributed by atoms with van der Waals surface area (Å²) in [5.41, 5.74) is 8.87. The molecule has 26 heavy (non-hydrogen) atoms. The van der Waals surface area contributed by atoms with Gasteiger partial charge in [-0.25, -0.2) is 9.37 Å². The lowest BCUT2D eigenvalue weighted by atomic mass is 10.0. The van der Waals surface area contributed by atoms with E-state index >= 15 is 0 Å². The molecule has 0 bridgehead atoms. The Kier molecular flexibility index (Phi) is 5.93. The van der Waals surface area contributed by atoms with E-state index in [0.29, 0.717) is 24.2 Å². The molecule has 1 aliphatic heterocycles. The molecular formula is C20H27FN4O. The fourth-order valence-electron chi connectivity index (χ4n) is 3.31. The highest BCUT2D eigenvalue weighted by Gasteiger charge is 2.19. The highest BCUT2D eigenvalue weighted by molar-refractivity contribution is 5.51. The van der Waals surface area contributed by atoms with Gasteiger partial charge in [0.05, 0.1) is 18.5 Å². The lowest BCUT2D eigenvalue weighted by Gasteiger charge is -2.33. The van der Waals surface area contributed by atoms with Crippen LogP contribution in [0.25, 0.3) is 0 Å². The maximum atomic E-state index is 13.7. The van der Waals surface area contributed by atoms with Gasteiger partial charge < -0.3 is 15.8 Å². The zero-order chi connectivity index (χ0) is 18.5. The summed E-state index contributed by atoms with van der Waals surface area (Å²) in [5, 5.41) is 3.55. The molecule has 0 radical (unpaired) electrons. The Morgan fingerprint density at radius 1 is 1.31 bits per heavy atom. The van der Waals surface area contributed by atoms with E-state index in [0.717, 1.165) is 49.3 Å². The number of rotatable bonds is 6. The highest BCUT2D eigenvalue weighted by atomic mass is 19.1. The molecule has 2 heterocycles. The van der Waals surface area contributed by atoms with Crippen molar-refractivity contribution >= 4 is 11.5 Å². The highest BCUT2D eigenvalue weighted by Crippen LogP contribution is 2.23. The van der Waals surface area contributed by atoms with Gasteiger partial charge in [0.2, 0.25) is 0 Å². The Bertz CT molecular complexity index is 745. The number of halogens is 1. The number of nitrogens with zero attached hydrogens (tertiary/aromatic N) is 2. The quantitative estimate of drug-likeness (QED) is 0.826. The Morgan fingerprint density at radius 3 is 2.77 bits per heavy atom. The predicted molar refractivity (Wildman–Crippen MR) is 103 cm³/mol. The van der Waals surface area contributed by atoms with Gasteiger partial charge in [0.1, 0.15) is 5.82 Å². The lowest BCUT2D eigenvalue weighted by molar-refractivity contribution is 0.211. The Hall–Kier alpha value is -2.34. The molecule has 1 aromatic heterocycles. The summed E-state index contributed by atoms with van der Waals surface area (Å²) >= 11 is 0. The summed E-state index contributed by atoms with van der Waals surface area (Å²) in [6.07, 6.45) is 3.91. The second-order valence-corrected chi connectivity index (χ2v) is 6.82. The van der Waals surface area contributed by atoms with Gasteiger partial charge >= 0.3 is 0 Å². The van der Waals surface area contributed by atoms with E-state index in [1.165, 1.54) is 6.07 Å². The standard InChI is InChI=1S/C20H27FN4O/c1-3-26-19-11-15(4-5-18(19)21)13-25-8-6-16(7-9-25)24-17-10-14(2)20(22)23-12-17/h4-5,10-12,16,24H,3,6-9,13H2,1-2H3,(H2,22,23). The van der Waals surface area contributed by atoms with Crippen LogP contribution in [0.1, 0.15) is 30.9 Å². The second kappa shape index (κ2) is 8.36. The normalized spacial score (nSPS) is 15.8. The Labute approximate surface area is 154 Å². The van der Waals surface area contributed by atoms with Crippen molar-refractivity contribution in [3.63, 3.8) is 0 Å². The summed E-state index contributed by atoms with van der Waals surface area (Å²) in [4.78, 5) is 6.60. The van der Waals surface area contributed by atoms with Gasteiger partial charge in [-0.3, -0.25) is 4.90 Å². The first kappa shape index (κ1) is 18.5. The summed E-state index contributed by atoms with van der Waals surface area (Å²) < 4.78 is 19.0. The van der Waals surface area contributed by atoms with Gasteiger partial charge in [0.25, 0.3) is 0 Å². The number of anilines is 2. The van der Waals surface area contributed by atoms with E-state index in [1.54, 1.807) is 6.20 Å². The number of pyridine rings is 1. The fourth-order valence-corrected chi connectivity index (χ4v) is 3.31. The van der Waals surface area contributed by atoms with Crippen molar-refractivity contribution in [2.24, 2.45) is 0 Å².